The van der Waals surface area contributed by atoms with Crippen LogP contribution in [0.5, 0.6) is 0 Å². The van der Waals surface area contributed by atoms with Crippen molar-refractivity contribution in [3.8, 4) is 0 Å². The van der Waals surface area contributed by atoms with E-state index >= 15 is 0 Å². The summed E-state index contributed by atoms with van der Waals surface area (Å²) in [6, 6.07) is 1.26. The number of aromatic nitrogens is 1. The van der Waals surface area contributed by atoms with Gasteiger partial charge in [0.1, 0.15) is 11.6 Å². The fourth-order valence-corrected chi connectivity index (χ4v) is 1.08. The van der Waals surface area contributed by atoms with Crippen LogP contribution in [0, 0.1) is 5.82 Å². The number of rotatable bonds is 5. The van der Waals surface area contributed by atoms with E-state index in [2.05, 4.69) is 10.3 Å². The zero-order valence-corrected chi connectivity index (χ0v) is 8.83. The lowest BCUT2D eigenvalue weighted by molar-refractivity contribution is 0.128. The SMILES string of the molecule is COC(C)CNc1ncc(F)cc1CO. The van der Waals surface area contributed by atoms with Crippen LogP contribution in [0.2, 0.25) is 0 Å². The average molecular weight is 214 g/mol. The van der Waals surface area contributed by atoms with Crippen molar-refractivity contribution < 1.29 is 14.2 Å². The Labute approximate surface area is 88.1 Å². The molecule has 0 fully saturated rings. The highest BCUT2D eigenvalue weighted by Crippen LogP contribution is 2.13. The fourth-order valence-electron chi connectivity index (χ4n) is 1.08. The highest BCUT2D eigenvalue weighted by molar-refractivity contribution is 5.43. The molecule has 1 atom stereocenters. The first-order valence-electron chi connectivity index (χ1n) is 4.69. The summed E-state index contributed by atoms with van der Waals surface area (Å²) in [4.78, 5) is 3.85. The molecule has 1 aromatic rings. The summed E-state index contributed by atoms with van der Waals surface area (Å²) in [5, 5.41) is 12.0. The molecule has 0 bridgehead atoms. The number of nitrogens with zero attached hydrogens (tertiary/aromatic N) is 1. The van der Waals surface area contributed by atoms with Gasteiger partial charge in [-0.05, 0) is 13.0 Å². The molecular weight excluding hydrogens is 199 g/mol. The van der Waals surface area contributed by atoms with Gasteiger partial charge in [0, 0.05) is 19.2 Å². The van der Waals surface area contributed by atoms with Crippen LogP contribution in [0.3, 0.4) is 0 Å². The first kappa shape index (κ1) is 11.9. The van der Waals surface area contributed by atoms with Crippen LogP contribution in [-0.2, 0) is 11.3 Å². The maximum absolute atomic E-state index is 12.8. The first-order chi connectivity index (χ1) is 7.17. The monoisotopic (exact) mass is 214 g/mol. The lowest BCUT2D eigenvalue weighted by Gasteiger charge is -2.13. The van der Waals surface area contributed by atoms with Crippen molar-refractivity contribution in [3.63, 3.8) is 0 Å². The molecule has 0 amide bonds. The quantitative estimate of drug-likeness (QED) is 0.772. The van der Waals surface area contributed by atoms with Gasteiger partial charge in [0.25, 0.3) is 0 Å². The summed E-state index contributed by atoms with van der Waals surface area (Å²) in [6.45, 7) is 2.21. The number of halogens is 1. The third kappa shape index (κ3) is 3.45. The van der Waals surface area contributed by atoms with Crippen molar-refractivity contribution in [2.24, 2.45) is 0 Å². The summed E-state index contributed by atoms with van der Waals surface area (Å²) in [6.07, 6.45) is 1.14. The third-order valence-electron chi connectivity index (χ3n) is 2.06. The van der Waals surface area contributed by atoms with Crippen LogP contribution in [0.1, 0.15) is 12.5 Å². The number of ether oxygens (including phenoxy) is 1. The molecule has 0 saturated heterocycles. The number of hydrogen-bond acceptors (Lipinski definition) is 4. The number of methoxy groups -OCH3 is 1. The van der Waals surface area contributed by atoms with Gasteiger partial charge in [-0.1, -0.05) is 0 Å². The number of hydrogen-bond donors (Lipinski definition) is 2. The van der Waals surface area contributed by atoms with Crippen LogP contribution in [0.4, 0.5) is 10.2 Å². The van der Waals surface area contributed by atoms with E-state index < -0.39 is 5.82 Å². The van der Waals surface area contributed by atoms with Crippen LogP contribution < -0.4 is 5.32 Å². The molecule has 1 rings (SSSR count). The minimum Gasteiger partial charge on any atom is -0.392 e. The molecule has 1 unspecified atom stereocenters. The second-order valence-corrected chi connectivity index (χ2v) is 3.25. The van der Waals surface area contributed by atoms with Crippen molar-refractivity contribution in [1.82, 2.24) is 4.98 Å². The molecule has 0 aliphatic rings. The van der Waals surface area contributed by atoms with E-state index in [9.17, 15) is 4.39 Å². The predicted octanol–water partition coefficient (Wildman–Crippen LogP) is 1.16. The van der Waals surface area contributed by atoms with Crippen molar-refractivity contribution in [2.75, 3.05) is 19.0 Å². The van der Waals surface area contributed by atoms with Gasteiger partial charge in [0.15, 0.2) is 0 Å². The minimum absolute atomic E-state index is 0.0309. The van der Waals surface area contributed by atoms with E-state index in [1.165, 1.54) is 6.07 Å². The summed E-state index contributed by atoms with van der Waals surface area (Å²) in [7, 11) is 1.61. The van der Waals surface area contributed by atoms with Crippen LogP contribution in [0.15, 0.2) is 12.3 Å². The molecule has 0 saturated carbocycles. The molecule has 0 aliphatic carbocycles. The van der Waals surface area contributed by atoms with E-state index in [1.54, 1.807) is 7.11 Å². The van der Waals surface area contributed by atoms with Gasteiger partial charge < -0.3 is 15.2 Å². The highest BCUT2D eigenvalue weighted by Gasteiger charge is 2.06. The molecule has 2 N–H and O–H groups in total. The van der Waals surface area contributed by atoms with Crippen LogP contribution >= 0.6 is 0 Å². The normalized spacial score (nSPS) is 12.5. The van der Waals surface area contributed by atoms with E-state index in [1.807, 2.05) is 6.92 Å². The summed E-state index contributed by atoms with van der Waals surface area (Å²) in [5.74, 6) is 0.0344. The van der Waals surface area contributed by atoms with Crippen molar-refractivity contribution in [1.29, 1.82) is 0 Å². The fraction of sp³-hybridized carbons (Fsp3) is 0.500. The van der Waals surface area contributed by atoms with Crippen molar-refractivity contribution in [3.05, 3.63) is 23.6 Å². The van der Waals surface area contributed by atoms with Gasteiger partial charge >= 0.3 is 0 Å². The van der Waals surface area contributed by atoms with E-state index in [-0.39, 0.29) is 12.7 Å². The molecule has 0 aromatic carbocycles. The Bertz CT molecular complexity index is 320. The van der Waals surface area contributed by atoms with Gasteiger partial charge in [-0.15, -0.1) is 0 Å². The second kappa shape index (κ2) is 5.63. The Kier molecular flexibility index (Phi) is 4.45. The Balaban J connectivity index is 2.67. The van der Waals surface area contributed by atoms with E-state index in [4.69, 9.17) is 9.84 Å². The van der Waals surface area contributed by atoms with E-state index in [0.29, 0.717) is 17.9 Å². The largest absolute Gasteiger partial charge is 0.392 e. The molecule has 1 aromatic heterocycles. The van der Waals surface area contributed by atoms with Crippen molar-refractivity contribution in [2.45, 2.75) is 19.6 Å². The Hall–Kier alpha value is -1.20. The molecule has 0 spiro atoms. The number of anilines is 1. The molecule has 4 nitrogen and oxygen atoms in total. The minimum atomic E-state index is -0.454. The van der Waals surface area contributed by atoms with Crippen LogP contribution in [0.25, 0.3) is 0 Å². The smallest absolute Gasteiger partial charge is 0.142 e. The summed E-state index contributed by atoms with van der Waals surface area (Å²) < 4.78 is 17.8. The lowest BCUT2D eigenvalue weighted by atomic mass is 10.2. The molecule has 15 heavy (non-hydrogen) atoms. The Morgan fingerprint density at radius 2 is 2.40 bits per heavy atom. The number of aliphatic hydroxyl groups is 1. The Morgan fingerprint density at radius 3 is 3.00 bits per heavy atom. The Morgan fingerprint density at radius 1 is 1.67 bits per heavy atom. The second-order valence-electron chi connectivity index (χ2n) is 3.25. The molecule has 0 radical (unpaired) electrons. The maximum Gasteiger partial charge on any atom is 0.142 e. The molecule has 1 heterocycles. The molecule has 0 aliphatic heterocycles. The number of aliphatic hydroxyl groups excluding tert-OH is 1. The van der Waals surface area contributed by atoms with Gasteiger partial charge in [-0.2, -0.15) is 0 Å². The van der Waals surface area contributed by atoms with Gasteiger partial charge in [0.05, 0.1) is 18.9 Å². The predicted molar refractivity (Wildman–Crippen MR) is 55.1 cm³/mol. The highest BCUT2D eigenvalue weighted by atomic mass is 19.1. The zero-order valence-electron chi connectivity index (χ0n) is 8.83. The van der Waals surface area contributed by atoms with Gasteiger partial charge in [-0.3, -0.25) is 0 Å². The van der Waals surface area contributed by atoms with Crippen LogP contribution in [-0.4, -0.2) is 29.8 Å². The third-order valence-corrected chi connectivity index (χ3v) is 2.06. The maximum atomic E-state index is 12.8. The molecule has 5 heteroatoms. The first-order valence-corrected chi connectivity index (χ1v) is 4.69. The van der Waals surface area contributed by atoms with Gasteiger partial charge in [0.2, 0.25) is 0 Å². The van der Waals surface area contributed by atoms with Gasteiger partial charge in [-0.25, -0.2) is 9.37 Å². The topological polar surface area (TPSA) is 54.4 Å². The lowest BCUT2D eigenvalue weighted by Crippen LogP contribution is -2.19. The zero-order chi connectivity index (χ0) is 11.3. The number of nitrogens with one attached hydrogen (secondary N) is 1. The number of pyridine rings is 1. The van der Waals surface area contributed by atoms with Crippen molar-refractivity contribution >= 4 is 5.82 Å². The average Bonchev–Trinajstić information content (AvgIpc) is 2.26. The standard InChI is InChI=1S/C10H15FN2O2/c1-7(15-2)4-12-10-8(6-14)3-9(11)5-13-10/h3,5,7,14H,4,6H2,1-2H3,(H,12,13). The molecule has 84 valence electrons. The molecular formula is C10H15FN2O2. The summed E-state index contributed by atoms with van der Waals surface area (Å²) >= 11 is 0. The van der Waals surface area contributed by atoms with E-state index in [0.717, 1.165) is 6.20 Å². The summed E-state index contributed by atoms with van der Waals surface area (Å²) in [5.41, 5.74) is 0.443.